The van der Waals surface area contributed by atoms with Gasteiger partial charge in [0.2, 0.25) is 5.91 Å². The number of aryl methyl sites for hydroxylation is 1. The van der Waals surface area contributed by atoms with E-state index in [1.165, 1.54) is 17.3 Å². The van der Waals surface area contributed by atoms with Crippen molar-refractivity contribution < 1.29 is 4.79 Å². The molecule has 2 aromatic rings. The Morgan fingerprint density at radius 3 is 2.79 bits per heavy atom. The van der Waals surface area contributed by atoms with Crippen molar-refractivity contribution in [2.75, 3.05) is 5.32 Å². The van der Waals surface area contributed by atoms with E-state index in [9.17, 15) is 4.79 Å². The van der Waals surface area contributed by atoms with Crippen molar-refractivity contribution in [2.24, 2.45) is 23.5 Å². The van der Waals surface area contributed by atoms with Crippen molar-refractivity contribution in [1.82, 2.24) is 4.57 Å². The van der Waals surface area contributed by atoms with Gasteiger partial charge in [-0.3, -0.25) is 4.79 Å². The fourth-order valence-electron chi connectivity index (χ4n) is 4.65. The lowest BCUT2D eigenvalue weighted by atomic mass is 9.84. The number of aromatic nitrogens is 1. The molecule has 1 aromatic heterocycles. The molecule has 4 unspecified atom stereocenters. The Hall–Kier alpha value is -1.52. The Bertz CT molecular complexity index is 739. The number of amides is 1. The van der Waals surface area contributed by atoms with Gasteiger partial charge in [-0.15, -0.1) is 12.4 Å². The molecule has 4 atom stereocenters. The molecule has 2 fully saturated rings. The number of fused-ring (bicyclic) bond motifs is 3. The van der Waals surface area contributed by atoms with E-state index in [1.54, 1.807) is 0 Å². The molecule has 2 aliphatic carbocycles. The number of carbonyl (C=O) groups excluding carboxylic acids is 1. The van der Waals surface area contributed by atoms with Crippen molar-refractivity contribution in [3.63, 3.8) is 0 Å². The van der Waals surface area contributed by atoms with Gasteiger partial charge in [-0.1, -0.05) is 13.0 Å². The predicted molar refractivity (Wildman–Crippen MR) is 100 cm³/mol. The fourth-order valence-corrected chi connectivity index (χ4v) is 4.65. The third-order valence-corrected chi connectivity index (χ3v) is 5.79. The minimum Gasteiger partial charge on any atom is -0.347 e. The number of rotatable bonds is 4. The SMILES string of the molecule is CCCn1ccc2ccc(NC(=O)C3C4CCC(C4)C3N)cc21.Cl. The van der Waals surface area contributed by atoms with Crippen molar-refractivity contribution in [1.29, 1.82) is 0 Å². The smallest absolute Gasteiger partial charge is 0.229 e. The van der Waals surface area contributed by atoms with Crippen LogP contribution in [-0.2, 0) is 11.3 Å². The topological polar surface area (TPSA) is 60.0 Å². The van der Waals surface area contributed by atoms with E-state index in [1.807, 2.05) is 6.07 Å². The van der Waals surface area contributed by atoms with Gasteiger partial charge in [0.25, 0.3) is 0 Å². The third-order valence-electron chi connectivity index (χ3n) is 5.79. The van der Waals surface area contributed by atoms with Crippen LogP contribution in [-0.4, -0.2) is 16.5 Å². The lowest BCUT2D eigenvalue weighted by Gasteiger charge is -2.27. The van der Waals surface area contributed by atoms with Crippen molar-refractivity contribution in [3.8, 4) is 0 Å². The molecule has 1 heterocycles. The van der Waals surface area contributed by atoms with Crippen LogP contribution in [0.5, 0.6) is 0 Å². The lowest BCUT2D eigenvalue weighted by Crippen LogP contribution is -2.42. The zero-order chi connectivity index (χ0) is 16.0. The molecule has 2 saturated carbocycles. The highest BCUT2D eigenvalue weighted by Crippen LogP contribution is 2.47. The zero-order valence-corrected chi connectivity index (χ0v) is 14.9. The van der Waals surface area contributed by atoms with Crippen LogP contribution in [0.1, 0.15) is 32.6 Å². The van der Waals surface area contributed by atoms with Crippen LogP contribution < -0.4 is 11.1 Å². The summed E-state index contributed by atoms with van der Waals surface area (Å²) in [5.41, 5.74) is 8.36. The third kappa shape index (κ3) is 2.82. The Kier molecular flexibility index (Phi) is 4.88. The molecule has 0 spiro atoms. The number of hydrogen-bond acceptors (Lipinski definition) is 2. The second kappa shape index (κ2) is 6.77. The van der Waals surface area contributed by atoms with Crippen molar-refractivity contribution >= 4 is 34.9 Å². The highest BCUT2D eigenvalue weighted by molar-refractivity contribution is 5.96. The minimum absolute atomic E-state index is 0. The van der Waals surface area contributed by atoms with Gasteiger partial charge in [-0.2, -0.15) is 0 Å². The summed E-state index contributed by atoms with van der Waals surface area (Å²) in [7, 11) is 0. The first-order valence-electron chi connectivity index (χ1n) is 8.82. The molecule has 4 rings (SSSR count). The predicted octanol–water partition coefficient (Wildman–Crippen LogP) is 3.79. The van der Waals surface area contributed by atoms with Gasteiger partial charge in [0.1, 0.15) is 0 Å². The Morgan fingerprint density at radius 1 is 1.29 bits per heavy atom. The monoisotopic (exact) mass is 347 g/mol. The number of hydrogen-bond donors (Lipinski definition) is 2. The molecule has 0 radical (unpaired) electrons. The van der Waals surface area contributed by atoms with Gasteiger partial charge < -0.3 is 15.6 Å². The molecule has 24 heavy (non-hydrogen) atoms. The number of carbonyl (C=O) groups is 1. The number of halogens is 1. The summed E-state index contributed by atoms with van der Waals surface area (Å²) in [6.45, 7) is 3.17. The van der Waals surface area contributed by atoms with Crippen LogP contribution in [0.4, 0.5) is 5.69 Å². The van der Waals surface area contributed by atoms with Gasteiger partial charge in [-0.25, -0.2) is 0 Å². The lowest BCUT2D eigenvalue weighted by molar-refractivity contribution is -0.121. The van der Waals surface area contributed by atoms with E-state index >= 15 is 0 Å². The summed E-state index contributed by atoms with van der Waals surface area (Å²) in [4.78, 5) is 12.7. The molecule has 2 aliphatic rings. The minimum atomic E-state index is -0.00752. The van der Waals surface area contributed by atoms with E-state index in [-0.39, 0.29) is 30.3 Å². The largest absolute Gasteiger partial charge is 0.347 e. The molecule has 1 aromatic carbocycles. The molecule has 2 bridgehead atoms. The van der Waals surface area contributed by atoms with E-state index < -0.39 is 0 Å². The van der Waals surface area contributed by atoms with Gasteiger partial charge in [0.15, 0.2) is 0 Å². The van der Waals surface area contributed by atoms with Crippen molar-refractivity contribution in [3.05, 3.63) is 30.5 Å². The van der Waals surface area contributed by atoms with Crippen LogP contribution in [0.2, 0.25) is 0 Å². The Morgan fingerprint density at radius 2 is 2.08 bits per heavy atom. The maximum atomic E-state index is 12.7. The van der Waals surface area contributed by atoms with E-state index in [2.05, 4.69) is 41.2 Å². The normalized spacial score (nSPS) is 28.1. The van der Waals surface area contributed by atoms with Gasteiger partial charge in [-0.05, 0) is 61.1 Å². The molecule has 1 amide bonds. The average Bonchev–Trinajstić information content (AvgIpc) is 3.22. The standard InChI is InChI=1S/C19H25N3O.ClH/c1-2-8-22-9-7-12-5-6-15(11-16(12)22)21-19(23)17-13-3-4-14(10-13)18(17)20;/h5-7,9,11,13-14,17-18H,2-4,8,10,20H2,1H3,(H,21,23);1H. The molecule has 5 heteroatoms. The Labute approximate surface area is 149 Å². The maximum Gasteiger partial charge on any atom is 0.229 e. The summed E-state index contributed by atoms with van der Waals surface area (Å²) in [5, 5.41) is 4.33. The number of nitrogens with two attached hydrogens (primary N) is 1. The van der Waals surface area contributed by atoms with Crippen LogP contribution in [0.25, 0.3) is 10.9 Å². The van der Waals surface area contributed by atoms with Crippen LogP contribution in [0.3, 0.4) is 0 Å². The fraction of sp³-hybridized carbons (Fsp3) is 0.526. The highest BCUT2D eigenvalue weighted by Gasteiger charge is 2.49. The second-order valence-corrected chi connectivity index (χ2v) is 7.21. The molecule has 3 N–H and O–H groups in total. The molecular formula is C19H26ClN3O. The number of benzene rings is 1. The quantitative estimate of drug-likeness (QED) is 0.884. The molecule has 0 aliphatic heterocycles. The second-order valence-electron chi connectivity index (χ2n) is 7.21. The zero-order valence-electron chi connectivity index (χ0n) is 14.1. The summed E-state index contributed by atoms with van der Waals surface area (Å²) < 4.78 is 2.24. The number of anilines is 1. The first kappa shape index (κ1) is 17.3. The van der Waals surface area contributed by atoms with E-state index in [0.29, 0.717) is 11.8 Å². The van der Waals surface area contributed by atoms with Crippen LogP contribution in [0.15, 0.2) is 30.5 Å². The Balaban J connectivity index is 0.00000169. The first-order valence-corrected chi connectivity index (χ1v) is 8.82. The number of nitrogens with one attached hydrogen (secondary N) is 1. The van der Waals surface area contributed by atoms with Gasteiger partial charge in [0.05, 0.1) is 11.4 Å². The molecule has 0 saturated heterocycles. The molecule has 130 valence electrons. The molecule has 4 nitrogen and oxygen atoms in total. The van der Waals surface area contributed by atoms with Crippen molar-refractivity contribution in [2.45, 2.75) is 45.2 Å². The first-order chi connectivity index (χ1) is 11.2. The van der Waals surface area contributed by atoms with Crippen LogP contribution >= 0.6 is 12.4 Å². The van der Waals surface area contributed by atoms with E-state index in [4.69, 9.17) is 5.73 Å². The number of nitrogens with zero attached hydrogens (tertiary/aromatic N) is 1. The average molecular weight is 348 g/mol. The van der Waals surface area contributed by atoms with Crippen LogP contribution in [0, 0.1) is 17.8 Å². The summed E-state index contributed by atoms with van der Waals surface area (Å²) in [6, 6.07) is 8.33. The highest BCUT2D eigenvalue weighted by atomic mass is 35.5. The van der Waals surface area contributed by atoms with Gasteiger partial charge >= 0.3 is 0 Å². The summed E-state index contributed by atoms with van der Waals surface area (Å²) in [6.07, 6.45) is 6.71. The van der Waals surface area contributed by atoms with Gasteiger partial charge in [0, 0.05) is 24.5 Å². The maximum absolute atomic E-state index is 12.7. The summed E-state index contributed by atoms with van der Waals surface area (Å²) >= 11 is 0. The van der Waals surface area contributed by atoms with E-state index in [0.717, 1.165) is 31.5 Å². The molecular weight excluding hydrogens is 322 g/mol. The summed E-state index contributed by atoms with van der Waals surface area (Å²) in [5.74, 6) is 1.15.